The van der Waals surface area contributed by atoms with Crippen LogP contribution >= 0.6 is 11.3 Å². The van der Waals surface area contributed by atoms with Gasteiger partial charge in [-0.25, -0.2) is 0 Å². The molecule has 5 heteroatoms. The summed E-state index contributed by atoms with van der Waals surface area (Å²) < 4.78 is 1.21. The molecule has 2 aromatic rings. The predicted molar refractivity (Wildman–Crippen MR) is 97.8 cm³/mol. The van der Waals surface area contributed by atoms with Crippen molar-refractivity contribution in [2.45, 2.75) is 39.0 Å². The van der Waals surface area contributed by atoms with Crippen LogP contribution in [0.25, 0.3) is 10.1 Å². The lowest BCUT2D eigenvalue weighted by molar-refractivity contribution is -0.116. The van der Waals surface area contributed by atoms with E-state index in [0.29, 0.717) is 37.2 Å². The average Bonchev–Trinajstić information content (AvgIpc) is 3.05. The van der Waals surface area contributed by atoms with Gasteiger partial charge in [-0.3, -0.25) is 4.79 Å². The number of oxime groups is 1. The number of carbonyl (C=O) groups is 1. The van der Waals surface area contributed by atoms with E-state index in [1.54, 1.807) is 11.3 Å². The molecule has 1 heterocycles. The van der Waals surface area contributed by atoms with Crippen molar-refractivity contribution >= 4 is 32.9 Å². The molecule has 1 aliphatic carbocycles. The average molecular weight is 343 g/mol. The van der Waals surface area contributed by atoms with Gasteiger partial charge in [-0.2, -0.15) is 0 Å². The van der Waals surface area contributed by atoms with Crippen LogP contribution in [-0.2, 0) is 9.63 Å². The zero-order valence-electron chi connectivity index (χ0n) is 13.9. The summed E-state index contributed by atoms with van der Waals surface area (Å²) in [6.45, 7) is 4.18. The first-order valence-electron chi connectivity index (χ1n) is 8.26. The minimum Gasteiger partial charge on any atom is -0.511 e. The highest BCUT2D eigenvalue weighted by Gasteiger charge is 2.31. The molecule has 1 unspecified atom stereocenters. The van der Waals surface area contributed by atoms with E-state index < -0.39 is 0 Å². The van der Waals surface area contributed by atoms with E-state index in [4.69, 9.17) is 4.84 Å². The fraction of sp³-hybridized carbons (Fsp3) is 0.368. The zero-order valence-corrected chi connectivity index (χ0v) is 14.7. The number of nitrogens with zero attached hydrogens (tertiary/aromatic N) is 1. The number of allylic oxidation sites excluding steroid dienone is 2. The van der Waals surface area contributed by atoms with E-state index in [2.05, 4.69) is 28.7 Å². The maximum atomic E-state index is 12.7. The number of hydrogen-bond acceptors (Lipinski definition) is 5. The lowest BCUT2D eigenvalue weighted by Gasteiger charge is -2.24. The van der Waals surface area contributed by atoms with Crippen LogP contribution in [0.5, 0.6) is 0 Å². The Hall–Kier alpha value is -2.14. The minimum absolute atomic E-state index is 0.00440. The number of hydrogen-bond donors (Lipinski definition) is 1. The maximum absolute atomic E-state index is 12.7. The second kappa shape index (κ2) is 7.18. The van der Waals surface area contributed by atoms with Crippen LogP contribution in [0.4, 0.5) is 0 Å². The van der Waals surface area contributed by atoms with Gasteiger partial charge in [0.1, 0.15) is 12.4 Å². The molecule has 0 fully saturated rings. The summed E-state index contributed by atoms with van der Waals surface area (Å²) >= 11 is 1.69. The van der Waals surface area contributed by atoms with Gasteiger partial charge in [0.05, 0.1) is 11.3 Å². The third kappa shape index (κ3) is 3.08. The van der Waals surface area contributed by atoms with E-state index in [0.717, 1.165) is 5.56 Å². The van der Waals surface area contributed by atoms with Gasteiger partial charge in [-0.15, -0.1) is 11.3 Å². The van der Waals surface area contributed by atoms with Crippen molar-refractivity contribution < 1.29 is 14.7 Å². The van der Waals surface area contributed by atoms with Crippen LogP contribution in [0.15, 0.2) is 46.1 Å². The van der Waals surface area contributed by atoms with Gasteiger partial charge in [0.25, 0.3) is 0 Å². The number of carbonyl (C=O) groups excluding carboxylic acids is 1. The van der Waals surface area contributed by atoms with Crippen LogP contribution in [0.1, 0.15) is 44.6 Å². The van der Waals surface area contributed by atoms with Crippen molar-refractivity contribution in [2.24, 2.45) is 5.16 Å². The summed E-state index contributed by atoms with van der Waals surface area (Å²) in [6.07, 6.45) is 1.40. The summed E-state index contributed by atoms with van der Waals surface area (Å²) in [4.78, 5) is 17.8. The SMILES string of the molecule is CCON=C(CC)C1=C(O)CC(c2cccc3sccc23)CC1=O. The van der Waals surface area contributed by atoms with Crippen LogP contribution in [-0.4, -0.2) is 23.2 Å². The molecule has 3 rings (SSSR count). The number of Topliss-reactive ketones (excluding diaryl/α,β-unsaturated/α-hetero) is 1. The van der Waals surface area contributed by atoms with Crippen LogP contribution in [0.2, 0.25) is 0 Å². The topological polar surface area (TPSA) is 58.9 Å². The second-order valence-corrected chi connectivity index (χ2v) is 6.79. The molecule has 4 nitrogen and oxygen atoms in total. The quantitative estimate of drug-likeness (QED) is 0.616. The lowest BCUT2D eigenvalue weighted by Crippen LogP contribution is -2.23. The first kappa shape index (κ1) is 16.7. The highest BCUT2D eigenvalue weighted by atomic mass is 32.1. The molecule has 0 spiro atoms. The summed E-state index contributed by atoms with van der Waals surface area (Å²) in [7, 11) is 0. The Labute approximate surface area is 145 Å². The fourth-order valence-corrected chi connectivity index (χ4v) is 4.07. The number of thiophene rings is 1. The van der Waals surface area contributed by atoms with Crippen molar-refractivity contribution in [2.75, 3.05) is 6.61 Å². The van der Waals surface area contributed by atoms with Gasteiger partial charge in [-0.1, -0.05) is 24.2 Å². The molecule has 0 radical (unpaired) electrons. The van der Waals surface area contributed by atoms with Crippen molar-refractivity contribution in [1.29, 1.82) is 0 Å². The second-order valence-electron chi connectivity index (χ2n) is 5.84. The molecular formula is C19H21NO3S. The molecule has 0 bridgehead atoms. The number of rotatable bonds is 5. The van der Waals surface area contributed by atoms with Crippen molar-refractivity contribution in [3.63, 3.8) is 0 Å². The zero-order chi connectivity index (χ0) is 17.1. The standard InChI is InChI=1S/C19H21NO3S/c1-3-15(20-23-4-2)19-16(21)10-12(11-17(19)22)13-6-5-7-18-14(13)8-9-24-18/h5-9,12,21H,3-4,10-11H2,1-2H3. The van der Waals surface area contributed by atoms with Gasteiger partial charge in [0.15, 0.2) is 5.78 Å². The van der Waals surface area contributed by atoms with E-state index in [1.165, 1.54) is 10.1 Å². The highest BCUT2D eigenvalue weighted by Crippen LogP contribution is 2.38. The summed E-state index contributed by atoms with van der Waals surface area (Å²) in [5.74, 6) is 0.0739. The smallest absolute Gasteiger partial charge is 0.168 e. The number of aliphatic hydroxyl groups is 1. The monoisotopic (exact) mass is 343 g/mol. The Bertz CT molecular complexity index is 819. The molecule has 0 saturated carbocycles. The van der Waals surface area contributed by atoms with E-state index in [-0.39, 0.29) is 17.5 Å². The Morgan fingerprint density at radius 2 is 2.17 bits per heavy atom. The Kier molecular flexibility index (Phi) is 5.00. The molecule has 0 aliphatic heterocycles. The Morgan fingerprint density at radius 1 is 1.33 bits per heavy atom. The minimum atomic E-state index is -0.0590. The summed E-state index contributed by atoms with van der Waals surface area (Å²) in [5.41, 5.74) is 2.01. The largest absolute Gasteiger partial charge is 0.511 e. The van der Waals surface area contributed by atoms with Gasteiger partial charge in [0.2, 0.25) is 0 Å². The molecular weight excluding hydrogens is 322 g/mol. The van der Waals surface area contributed by atoms with E-state index in [9.17, 15) is 9.90 Å². The highest BCUT2D eigenvalue weighted by molar-refractivity contribution is 7.17. The first-order chi connectivity index (χ1) is 11.7. The van der Waals surface area contributed by atoms with Gasteiger partial charge in [0, 0.05) is 17.5 Å². The molecule has 1 N–H and O–H groups in total. The number of aliphatic hydroxyl groups excluding tert-OH is 1. The van der Waals surface area contributed by atoms with E-state index >= 15 is 0 Å². The van der Waals surface area contributed by atoms with Gasteiger partial charge < -0.3 is 9.94 Å². The third-order valence-corrected chi connectivity index (χ3v) is 5.22. The molecule has 24 heavy (non-hydrogen) atoms. The Balaban J connectivity index is 1.95. The predicted octanol–water partition coefficient (Wildman–Crippen LogP) is 4.96. The number of fused-ring (bicyclic) bond motifs is 1. The van der Waals surface area contributed by atoms with Crippen LogP contribution in [0.3, 0.4) is 0 Å². The lowest BCUT2D eigenvalue weighted by atomic mass is 9.80. The van der Waals surface area contributed by atoms with Crippen molar-refractivity contribution in [3.8, 4) is 0 Å². The molecule has 1 aliphatic rings. The molecule has 126 valence electrons. The number of benzene rings is 1. The van der Waals surface area contributed by atoms with Crippen LogP contribution in [0, 0.1) is 0 Å². The number of ketones is 1. The summed E-state index contributed by atoms with van der Waals surface area (Å²) in [5, 5.41) is 17.8. The Morgan fingerprint density at radius 3 is 2.88 bits per heavy atom. The fourth-order valence-electron chi connectivity index (χ4n) is 3.24. The van der Waals surface area contributed by atoms with E-state index in [1.807, 2.05) is 19.9 Å². The maximum Gasteiger partial charge on any atom is 0.168 e. The van der Waals surface area contributed by atoms with Gasteiger partial charge in [-0.05, 0) is 47.7 Å². The molecule has 1 aromatic heterocycles. The van der Waals surface area contributed by atoms with Gasteiger partial charge >= 0.3 is 0 Å². The molecule has 1 aromatic carbocycles. The van der Waals surface area contributed by atoms with Crippen LogP contribution < -0.4 is 0 Å². The molecule has 1 atom stereocenters. The third-order valence-electron chi connectivity index (χ3n) is 4.34. The summed E-state index contributed by atoms with van der Waals surface area (Å²) in [6, 6.07) is 8.24. The first-order valence-corrected chi connectivity index (χ1v) is 9.14. The van der Waals surface area contributed by atoms with Crippen molar-refractivity contribution in [3.05, 3.63) is 46.5 Å². The normalized spacial score (nSPS) is 19.2. The molecule has 0 saturated heterocycles. The van der Waals surface area contributed by atoms with Crippen molar-refractivity contribution in [1.82, 2.24) is 0 Å². The molecule has 0 amide bonds.